The molecule has 192 valence electrons. The van der Waals surface area contributed by atoms with Gasteiger partial charge in [-0.3, -0.25) is 9.69 Å². The number of pyridine rings is 2. The van der Waals surface area contributed by atoms with Crippen LogP contribution in [0.15, 0.2) is 36.8 Å². The molecule has 6 rings (SSSR count). The predicted molar refractivity (Wildman–Crippen MR) is 136 cm³/mol. The molecule has 0 spiro atoms. The number of piperidine rings is 1. The molecule has 3 saturated heterocycles. The molecule has 2 unspecified atom stereocenters. The fourth-order valence-electron chi connectivity index (χ4n) is 5.85. The van der Waals surface area contributed by atoms with Crippen molar-refractivity contribution in [2.24, 2.45) is 5.41 Å². The minimum absolute atomic E-state index is 0.0527. The summed E-state index contributed by atoms with van der Waals surface area (Å²) in [7, 11) is 1.37. The minimum atomic E-state index is -0.862. The monoisotopic (exact) mass is 502 g/mol. The number of carbonyl (C=O) groups excluding carboxylic acids is 1. The van der Waals surface area contributed by atoms with E-state index in [4.69, 9.17) is 9.72 Å². The number of esters is 1. The highest BCUT2D eigenvalue weighted by atomic mass is 16.5. The number of ether oxygens (including phenoxy) is 1. The summed E-state index contributed by atoms with van der Waals surface area (Å²) in [5.74, 6) is 0.499. The number of piperazine rings is 1. The lowest BCUT2D eigenvalue weighted by atomic mass is 9.60. The third-order valence-corrected chi connectivity index (χ3v) is 7.90. The molecule has 3 aromatic heterocycles. The van der Waals surface area contributed by atoms with Crippen LogP contribution in [0.25, 0.3) is 16.6 Å². The maximum Gasteiger partial charge on any atom is 0.408 e. The van der Waals surface area contributed by atoms with Crippen molar-refractivity contribution in [3.8, 4) is 17.2 Å². The maximum atomic E-state index is 12.0. The van der Waals surface area contributed by atoms with Crippen LogP contribution in [0, 0.1) is 16.7 Å². The summed E-state index contributed by atoms with van der Waals surface area (Å²) < 4.78 is 6.44. The Hall–Kier alpha value is -4.13. The van der Waals surface area contributed by atoms with Gasteiger partial charge in [-0.1, -0.05) is 20.8 Å². The molecule has 10 heteroatoms. The van der Waals surface area contributed by atoms with E-state index in [1.165, 1.54) is 13.3 Å². The Morgan fingerprint density at radius 3 is 2.70 bits per heavy atom. The summed E-state index contributed by atoms with van der Waals surface area (Å²) in [5, 5.41) is 23.8. The zero-order chi connectivity index (χ0) is 26.5. The molecule has 0 radical (unpaired) electrons. The predicted octanol–water partition coefficient (Wildman–Crippen LogP) is 3.73. The number of carbonyl (C=O) groups is 2. The van der Waals surface area contributed by atoms with Crippen molar-refractivity contribution in [3.63, 3.8) is 0 Å². The first-order chi connectivity index (χ1) is 17.6. The number of nitrogens with zero attached hydrogens (tertiary/aromatic N) is 6. The van der Waals surface area contributed by atoms with E-state index < -0.39 is 11.6 Å². The normalized spacial score (nSPS) is 20.9. The van der Waals surface area contributed by atoms with Crippen LogP contribution in [0.5, 0.6) is 0 Å². The molecule has 3 aliphatic rings. The Morgan fingerprint density at radius 1 is 1.30 bits per heavy atom. The van der Waals surface area contributed by atoms with E-state index in [0.717, 1.165) is 28.9 Å². The lowest BCUT2D eigenvalue weighted by Gasteiger charge is -2.68. The third kappa shape index (κ3) is 3.95. The Labute approximate surface area is 215 Å². The summed E-state index contributed by atoms with van der Waals surface area (Å²) >= 11 is 0. The molecule has 0 aliphatic carbocycles. The van der Waals surface area contributed by atoms with Gasteiger partial charge in [-0.2, -0.15) is 10.4 Å². The smallest absolute Gasteiger partial charge is 0.408 e. The number of hydrogen-bond acceptors (Lipinski definition) is 7. The molecule has 2 atom stereocenters. The van der Waals surface area contributed by atoms with E-state index >= 15 is 0 Å². The number of nitriles is 1. The Bertz CT molecular complexity index is 1420. The first-order valence-corrected chi connectivity index (χ1v) is 12.3. The molecule has 3 aromatic rings. The van der Waals surface area contributed by atoms with Crippen LogP contribution in [0.3, 0.4) is 0 Å². The van der Waals surface area contributed by atoms with Gasteiger partial charge in [0, 0.05) is 43.0 Å². The minimum Gasteiger partial charge on any atom is -0.469 e. The fourth-order valence-corrected chi connectivity index (χ4v) is 5.85. The van der Waals surface area contributed by atoms with Crippen LogP contribution in [-0.2, 0) is 16.0 Å². The fraction of sp³-hybridized carbons (Fsp3) is 0.444. The maximum absolute atomic E-state index is 12.0. The summed E-state index contributed by atoms with van der Waals surface area (Å²) in [6, 6.07) is 8.03. The standard InChI is InChI=1S/C27H30N6O4/c1-26(2,3)27-10-20(33(27)25(35)36)15-31(16-27)22-7-6-18(12-29-22)21-9-17(5-8-23(34)37-4)14-32-24(21)19(11-28)13-30-32/h6-7,9,12-14,20H,5,8,10,15-16H2,1-4H3,(H,35,36). The van der Waals surface area contributed by atoms with E-state index in [1.807, 2.05) is 24.4 Å². The summed E-state index contributed by atoms with van der Waals surface area (Å²) in [6.07, 6.45) is 5.85. The van der Waals surface area contributed by atoms with E-state index in [9.17, 15) is 20.0 Å². The van der Waals surface area contributed by atoms with Gasteiger partial charge in [-0.25, -0.2) is 14.3 Å². The summed E-state index contributed by atoms with van der Waals surface area (Å²) in [5.41, 5.74) is 2.98. The molecule has 37 heavy (non-hydrogen) atoms. The molecular weight excluding hydrogens is 472 g/mol. The molecule has 1 N–H and O–H groups in total. The number of methoxy groups -OCH3 is 1. The average Bonchev–Trinajstić information content (AvgIpc) is 3.28. The molecule has 3 aliphatic heterocycles. The van der Waals surface area contributed by atoms with Crippen LogP contribution < -0.4 is 4.90 Å². The van der Waals surface area contributed by atoms with Crippen molar-refractivity contribution in [2.75, 3.05) is 25.1 Å². The van der Waals surface area contributed by atoms with Crippen LogP contribution in [0.4, 0.5) is 10.6 Å². The average molecular weight is 503 g/mol. The van der Waals surface area contributed by atoms with Gasteiger partial charge in [0.05, 0.1) is 36.0 Å². The van der Waals surface area contributed by atoms with Gasteiger partial charge < -0.3 is 14.7 Å². The summed E-state index contributed by atoms with van der Waals surface area (Å²) in [4.78, 5) is 32.2. The van der Waals surface area contributed by atoms with Crippen LogP contribution >= 0.6 is 0 Å². The van der Waals surface area contributed by atoms with Gasteiger partial charge in [0.25, 0.3) is 0 Å². The van der Waals surface area contributed by atoms with E-state index in [2.05, 4.69) is 36.8 Å². The van der Waals surface area contributed by atoms with Crippen molar-refractivity contribution in [1.82, 2.24) is 19.5 Å². The van der Waals surface area contributed by atoms with Crippen LogP contribution in [0.1, 0.15) is 44.7 Å². The number of aryl methyl sites for hydroxylation is 1. The molecule has 10 nitrogen and oxygen atoms in total. The molecule has 1 amide bonds. The molecule has 0 aromatic carbocycles. The molecule has 3 fully saturated rings. The second kappa shape index (κ2) is 8.76. The van der Waals surface area contributed by atoms with Gasteiger partial charge in [0.1, 0.15) is 11.9 Å². The Balaban J connectivity index is 1.47. The van der Waals surface area contributed by atoms with Crippen molar-refractivity contribution >= 4 is 23.4 Å². The number of hydrogen-bond donors (Lipinski definition) is 1. The number of anilines is 1. The first kappa shape index (κ1) is 24.6. The van der Waals surface area contributed by atoms with E-state index in [-0.39, 0.29) is 23.8 Å². The van der Waals surface area contributed by atoms with E-state index in [1.54, 1.807) is 15.6 Å². The van der Waals surface area contributed by atoms with Gasteiger partial charge in [0.2, 0.25) is 0 Å². The lowest BCUT2D eigenvalue weighted by Crippen LogP contribution is -2.82. The molecule has 6 heterocycles. The SMILES string of the molecule is COC(=O)CCc1cc(-c2ccc(N3CC4CC(C(C)(C)C)(C3)N4C(=O)O)nc2)c2c(C#N)cnn2c1. The number of rotatable bonds is 5. The third-order valence-electron chi connectivity index (χ3n) is 7.90. The zero-order valence-corrected chi connectivity index (χ0v) is 21.4. The lowest BCUT2D eigenvalue weighted by molar-refractivity contribution is -0.140. The van der Waals surface area contributed by atoms with Crippen molar-refractivity contribution in [3.05, 3.63) is 47.9 Å². The summed E-state index contributed by atoms with van der Waals surface area (Å²) in [6.45, 7) is 7.47. The Kier molecular flexibility index (Phi) is 5.82. The van der Waals surface area contributed by atoms with E-state index in [0.29, 0.717) is 30.6 Å². The Morgan fingerprint density at radius 2 is 2.08 bits per heavy atom. The zero-order valence-electron chi connectivity index (χ0n) is 21.4. The van der Waals surface area contributed by atoms with Crippen LogP contribution in [0.2, 0.25) is 0 Å². The molecule has 2 bridgehead atoms. The van der Waals surface area contributed by atoms with Gasteiger partial charge >= 0.3 is 12.1 Å². The van der Waals surface area contributed by atoms with Crippen LogP contribution in [-0.4, -0.2) is 68.4 Å². The van der Waals surface area contributed by atoms with Gasteiger partial charge in [0.15, 0.2) is 0 Å². The highest BCUT2D eigenvalue weighted by Crippen LogP contribution is 2.52. The van der Waals surface area contributed by atoms with Gasteiger partial charge in [-0.15, -0.1) is 0 Å². The first-order valence-electron chi connectivity index (χ1n) is 12.3. The second-order valence-electron chi connectivity index (χ2n) is 10.9. The largest absolute Gasteiger partial charge is 0.469 e. The highest BCUT2D eigenvalue weighted by Gasteiger charge is 2.64. The number of carboxylic acid groups (broad SMARTS) is 1. The van der Waals surface area contributed by atoms with Crippen molar-refractivity contribution < 1.29 is 19.4 Å². The highest BCUT2D eigenvalue weighted by molar-refractivity contribution is 5.85. The second-order valence-corrected chi connectivity index (χ2v) is 10.9. The number of fused-ring (bicyclic) bond motifs is 3. The van der Waals surface area contributed by atoms with Crippen molar-refractivity contribution in [2.45, 2.75) is 51.6 Å². The van der Waals surface area contributed by atoms with Crippen molar-refractivity contribution in [1.29, 1.82) is 5.26 Å². The van der Waals surface area contributed by atoms with Gasteiger partial charge in [-0.05, 0) is 42.0 Å². The number of amides is 1. The topological polar surface area (TPSA) is 124 Å². The quantitative estimate of drug-likeness (QED) is 0.524. The number of aromatic nitrogens is 3. The molecular formula is C27H30N6O4. The molecule has 0 saturated carbocycles.